The number of sulfonamides is 1. The first-order valence-electron chi connectivity index (χ1n) is 7.85. The normalized spacial score (nSPS) is 11.2. The number of ether oxygens (including phenoxy) is 1. The number of primary sulfonamides is 1. The van der Waals surface area contributed by atoms with Gasteiger partial charge >= 0.3 is 0 Å². The molecule has 9 nitrogen and oxygen atoms in total. The average molecular weight is 379 g/mol. The number of rotatable bonds is 9. The van der Waals surface area contributed by atoms with E-state index in [0.717, 1.165) is 5.56 Å². The minimum atomic E-state index is -3.70. The molecule has 0 aliphatic heterocycles. The number of hydrogen-bond donors (Lipinski definition) is 3. The molecular weight excluding hydrogens is 358 g/mol. The highest BCUT2D eigenvalue weighted by atomic mass is 32.2. The highest BCUT2D eigenvalue weighted by Crippen LogP contribution is 2.09. The van der Waals surface area contributed by atoms with Crippen LogP contribution in [0.15, 0.2) is 41.6 Å². The zero-order valence-corrected chi connectivity index (χ0v) is 15.1. The molecule has 10 heteroatoms. The smallest absolute Gasteiger partial charge is 0.254 e. The van der Waals surface area contributed by atoms with Crippen LogP contribution in [0.1, 0.15) is 15.9 Å². The Labute approximate surface area is 152 Å². The van der Waals surface area contributed by atoms with E-state index < -0.39 is 10.0 Å². The van der Waals surface area contributed by atoms with Gasteiger partial charge in [0.05, 0.1) is 17.1 Å². The number of amides is 1. The number of hydrogen-bond acceptors (Lipinski definition) is 7. The largest absolute Gasteiger partial charge is 0.383 e. The highest BCUT2D eigenvalue weighted by Gasteiger charge is 2.08. The number of nitrogens with one attached hydrogen (secondary N) is 2. The summed E-state index contributed by atoms with van der Waals surface area (Å²) in [6.45, 7) is 1.50. The maximum Gasteiger partial charge on any atom is 0.254 e. The van der Waals surface area contributed by atoms with Gasteiger partial charge in [-0.3, -0.25) is 4.79 Å². The maximum atomic E-state index is 12.1. The topological polar surface area (TPSA) is 136 Å². The molecule has 1 aromatic carbocycles. The first-order chi connectivity index (χ1) is 12.4. The number of carbonyl (C=O) groups excluding carboxylic acids is 1. The van der Waals surface area contributed by atoms with E-state index in [-0.39, 0.29) is 10.8 Å². The number of aromatic nitrogens is 2. The SMILES string of the molecule is COCCNc1ncc(C(=O)NCCc2ccc(S(N)(=O)=O)cc2)cn1. The van der Waals surface area contributed by atoms with Crippen LogP contribution in [0.4, 0.5) is 5.95 Å². The third-order valence-corrected chi connectivity index (χ3v) is 4.38. The Balaban J connectivity index is 1.81. The third kappa shape index (κ3) is 6.06. The molecule has 2 rings (SSSR count). The molecule has 0 radical (unpaired) electrons. The van der Waals surface area contributed by atoms with Crippen molar-refractivity contribution in [2.75, 3.05) is 32.1 Å². The Morgan fingerprint density at radius 1 is 1.15 bits per heavy atom. The Morgan fingerprint density at radius 3 is 2.38 bits per heavy atom. The van der Waals surface area contributed by atoms with Crippen LogP contribution in [0, 0.1) is 0 Å². The van der Waals surface area contributed by atoms with Crippen molar-refractivity contribution in [3.63, 3.8) is 0 Å². The predicted molar refractivity (Wildman–Crippen MR) is 96.3 cm³/mol. The second-order valence-electron chi connectivity index (χ2n) is 5.41. The molecule has 1 heterocycles. The van der Waals surface area contributed by atoms with Gasteiger partial charge in [0.15, 0.2) is 0 Å². The monoisotopic (exact) mass is 379 g/mol. The molecule has 1 amide bonds. The van der Waals surface area contributed by atoms with Crippen LogP contribution < -0.4 is 15.8 Å². The van der Waals surface area contributed by atoms with Crippen molar-refractivity contribution in [2.24, 2.45) is 5.14 Å². The zero-order chi connectivity index (χ0) is 19.0. The van der Waals surface area contributed by atoms with E-state index in [4.69, 9.17) is 9.88 Å². The number of carbonyl (C=O) groups is 1. The van der Waals surface area contributed by atoms with Gasteiger partial charge in [0.2, 0.25) is 16.0 Å². The average Bonchev–Trinajstić information content (AvgIpc) is 2.62. The standard InChI is InChI=1S/C16H21N5O4S/c1-25-9-8-19-16-20-10-13(11-21-16)15(22)18-7-6-12-2-4-14(5-3-12)26(17,23)24/h2-5,10-11H,6-9H2,1H3,(H,18,22)(H2,17,23,24)(H,19,20,21). The van der Waals surface area contributed by atoms with Crippen LogP contribution in [0.5, 0.6) is 0 Å². The summed E-state index contributed by atoms with van der Waals surface area (Å²) in [7, 11) is -2.09. The van der Waals surface area contributed by atoms with E-state index in [2.05, 4.69) is 20.6 Å². The van der Waals surface area contributed by atoms with Crippen molar-refractivity contribution < 1.29 is 17.9 Å². The van der Waals surface area contributed by atoms with Gasteiger partial charge in [-0.1, -0.05) is 12.1 Å². The van der Waals surface area contributed by atoms with E-state index >= 15 is 0 Å². The fourth-order valence-electron chi connectivity index (χ4n) is 2.07. The lowest BCUT2D eigenvalue weighted by Gasteiger charge is -2.07. The molecular formula is C16H21N5O4S. The lowest BCUT2D eigenvalue weighted by atomic mass is 10.1. The number of methoxy groups -OCH3 is 1. The molecule has 0 saturated carbocycles. The Bertz CT molecular complexity index is 823. The molecule has 0 spiro atoms. The predicted octanol–water partition coefficient (Wildman–Crippen LogP) is 0.155. The van der Waals surface area contributed by atoms with E-state index in [1.165, 1.54) is 24.5 Å². The minimum absolute atomic E-state index is 0.0571. The number of anilines is 1. The van der Waals surface area contributed by atoms with Crippen molar-refractivity contribution in [3.05, 3.63) is 47.8 Å². The van der Waals surface area contributed by atoms with Crippen molar-refractivity contribution >= 4 is 21.9 Å². The molecule has 0 aliphatic rings. The van der Waals surface area contributed by atoms with Crippen LogP contribution in [0.3, 0.4) is 0 Å². The second-order valence-corrected chi connectivity index (χ2v) is 6.97. The van der Waals surface area contributed by atoms with E-state index in [0.29, 0.717) is 37.6 Å². The molecule has 140 valence electrons. The summed E-state index contributed by atoms with van der Waals surface area (Å²) in [5.41, 5.74) is 1.23. The molecule has 26 heavy (non-hydrogen) atoms. The number of benzene rings is 1. The number of nitrogens with zero attached hydrogens (tertiary/aromatic N) is 2. The molecule has 2 aromatic rings. The van der Waals surface area contributed by atoms with Crippen LogP contribution >= 0.6 is 0 Å². The molecule has 1 aromatic heterocycles. The fraction of sp³-hybridized carbons (Fsp3) is 0.312. The van der Waals surface area contributed by atoms with Crippen molar-refractivity contribution in [2.45, 2.75) is 11.3 Å². The quantitative estimate of drug-likeness (QED) is 0.528. The zero-order valence-electron chi connectivity index (χ0n) is 14.3. The Morgan fingerprint density at radius 2 is 1.81 bits per heavy atom. The van der Waals surface area contributed by atoms with Crippen LogP contribution in [0.2, 0.25) is 0 Å². The van der Waals surface area contributed by atoms with Gasteiger partial charge in [-0.15, -0.1) is 0 Å². The van der Waals surface area contributed by atoms with Gasteiger partial charge in [0.25, 0.3) is 5.91 Å². The molecule has 0 unspecified atom stereocenters. The number of nitrogens with two attached hydrogens (primary N) is 1. The summed E-state index contributed by atoms with van der Waals surface area (Å²) < 4.78 is 27.3. The van der Waals surface area contributed by atoms with Crippen molar-refractivity contribution in [1.82, 2.24) is 15.3 Å². The van der Waals surface area contributed by atoms with E-state index in [1.807, 2.05) is 0 Å². The van der Waals surface area contributed by atoms with E-state index in [1.54, 1.807) is 19.2 Å². The summed E-state index contributed by atoms with van der Waals surface area (Å²) >= 11 is 0. The second kappa shape index (κ2) is 9.22. The van der Waals surface area contributed by atoms with Crippen molar-refractivity contribution in [3.8, 4) is 0 Å². The van der Waals surface area contributed by atoms with Crippen molar-refractivity contribution in [1.29, 1.82) is 0 Å². The Kier molecular flexibility index (Phi) is 7.01. The molecule has 4 N–H and O–H groups in total. The summed E-state index contributed by atoms with van der Waals surface area (Å²) in [5.74, 6) is 0.142. The van der Waals surface area contributed by atoms with Gasteiger partial charge in [0.1, 0.15) is 0 Å². The molecule has 0 aliphatic carbocycles. The lowest BCUT2D eigenvalue weighted by Crippen LogP contribution is -2.26. The Hall–Kier alpha value is -2.56. The van der Waals surface area contributed by atoms with Gasteiger partial charge in [-0.05, 0) is 24.1 Å². The minimum Gasteiger partial charge on any atom is -0.383 e. The molecule has 0 atom stereocenters. The van der Waals surface area contributed by atoms with Crippen LogP contribution in [-0.2, 0) is 21.2 Å². The molecule has 0 saturated heterocycles. The summed E-state index contributed by atoms with van der Waals surface area (Å²) in [5, 5.41) is 10.8. The molecule has 0 fully saturated rings. The first kappa shape index (κ1) is 19.8. The first-order valence-corrected chi connectivity index (χ1v) is 9.39. The van der Waals surface area contributed by atoms with Gasteiger partial charge in [-0.2, -0.15) is 0 Å². The third-order valence-electron chi connectivity index (χ3n) is 3.45. The maximum absolute atomic E-state index is 12.1. The van der Waals surface area contributed by atoms with Gasteiger partial charge < -0.3 is 15.4 Å². The van der Waals surface area contributed by atoms with Crippen LogP contribution in [0.25, 0.3) is 0 Å². The summed E-state index contributed by atoms with van der Waals surface area (Å²) in [6, 6.07) is 6.20. The van der Waals surface area contributed by atoms with Crippen LogP contribution in [-0.4, -0.2) is 51.1 Å². The summed E-state index contributed by atoms with van der Waals surface area (Å²) in [4.78, 5) is 20.2. The fourth-order valence-corrected chi connectivity index (χ4v) is 2.59. The summed E-state index contributed by atoms with van der Waals surface area (Å²) in [6.07, 6.45) is 3.44. The van der Waals surface area contributed by atoms with Gasteiger partial charge in [-0.25, -0.2) is 23.5 Å². The van der Waals surface area contributed by atoms with E-state index in [9.17, 15) is 13.2 Å². The van der Waals surface area contributed by atoms with Gasteiger partial charge in [0, 0.05) is 32.6 Å². The highest BCUT2D eigenvalue weighted by molar-refractivity contribution is 7.89. The molecule has 0 bridgehead atoms. The lowest BCUT2D eigenvalue weighted by molar-refractivity contribution is 0.0953.